The lowest BCUT2D eigenvalue weighted by Gasteiger charge is -2.09. The van der Waals surface area contributed by atoms with E-state index in [1.165, 1.54) is 4.90 Å². The highest BCUT2D eigenvalue weighted by molar-refractivity contribution is 8.00. The average molecular weight is 227 g/mol. The van der Waals surface area contributed by atoms with Crippen molar-refractivity contribution in [1.29, 1.82) is 0 Å². The molecule has 0 heterocycles. The Labute approximate surface area is 94.8 Å². The van der Waals surface area contributed by atoms with E-state index in [2.05, 4.69) is 31.2 Å². The lowest BCUT2D eigenvalue weighted by atomic mass is 10.4. The molecule has 0 spiro atoms. The molecule has 0 radical (unpaired) electrons. The van der Waals surface area contributed by atoms with Gasteiger partial charge in [-0.15, -0.1) is 11.8 Å². The van der Waals surface area contributed by atoms with Gasteiger partial charge in [-0.25, -0.2) is 0 Å². The van der Waals surface area contributed by atoms with Gasteiger partial charge in [0.1, 0.15) is 0 Å². The molecule has 1 aromatic carbocycles. The van der Waals surface area contributed by atoms with Crippen LogP contribution in [0.15, 0.2) is 35.2 Å². The molecule has 0 aliphatic heterocycles. The Bertz CT molecular complexity index is 238. The first-order valence-corrected chi connectivity index (χ1v) is 6.98. The fourth-order valence-electron chi connectivity index (χ4n) is 1.04. The second-order valence-corrected chi connectivity index (χ2v) is 5.46. The second kappa shape index (κ2) is 7.21. The monoisotopic (exact) mass is 227 g/mol. The van der Waals surface area contributed by atoms with Gasteiger partial charge >= 0.3 is 0 Å². The fraction of sp³-hybridized carbons (Fsp3) is 0.455. The summed E-state index contributed by atoms with van der Waals surface area (Å²) < 4.78 is 0. The smallest absolute Gasteiger partial charge is 0.0225 e. The summed E-state index contributed by atoms with van der Waals surface area (Å²) in [6, 6.07) is 10.7. The minimum Gasteiger partial charge on any atom is -0.326 e. The topological polar surface area (TPSA) is 26.0 Å². The minimum atomic E-state index is 0.310. The van der Waals surface area contributed by atoms with Gasteiger partial charge in [0.25, 0.3) is 0 Å². The minimum absolute atomic E-state index is 0.310. The SMILES string of the molecule is CCSC[C@H](N)CSc1ccccc1. The number of benzene rings is 1. The molecular weight excluding hydrogens is 210 g/mol. The summed E-state index contributed by atoms with van der Waals surface area (Å²) in [6.07, 6.45) is 0. The van der Waals surface area contributed by atoms with Crippen LogP contribution in [-0.2, 0) is 0 Å². The van der Waals surface area contributed by atoms with Crippen molar-refractivity contribution >= 4 is 23.5 Å². The average Bonchev–Trinajstić information content (AvgIpc) is 2.25. The first kappa shape index (κ1) is 12.0. The van der Waals surface area contributed by atoms with Crippen LogP contribution in [0.5, 0.6) is 0 Å². The Hall–Kier alpha value is -0.120. The molecule has 0 saturated heterocycles. The standard InChI is InChI=1S/C11H17NS2/c1-2-13-8-10(12)9-14-11-6-4-3-5-7-11/h3-7,10H,2,8-9,12H2,1H3/t10-/m0/s1. The zero-order valence-electron chi connectivity index (χ0n) is 8.48. The van der Waals surface area contributed by atoms with Crippen LogP contribution in [0.25, 0.3) is 0 Å². The van der Waals surface area contributed by atoms with Gasteiger partial charge < -0.3 is 5.73 Å². The van der Waals surface area contributed by atoms with E-state index >= 15 is 0 Å². The van der Waals surface area contributed by atoms with Crippen molar-refractivity contribution in [2.24, 2.45) is 5.73 Å². The van der Waals surface area contributed by atoms with Crippen LogP contribution in [0.2, 0.25) is 0 Å². The molecule has 0 amide bonds. The maximum Gasteiger partial charge on any atom is 0.0225 e. The van der Waals surface area contributed by atoms with E-state index in [0.29, 0.717) is 6.04 Å². The van der Waals surface area contributed by atoms with Gasteiger partial charge in [-0.1, -0.05) is 25.1 Å². The first-order valence-electron chi connectivity index (χ1n) is 4.84. The summed E-state index contributed by atoms with van der Waals surface area (Å²) in [5.74, 6) is 3.23. The van der Waals surface area contributed by atoms with Crippen molar-refractivity contribution in [2.45, 2.75) is 17.9 Å². The Morgan fingerprint density at radius 3 is 2.57 bits per heavy atom. The molecule has 0 unspecified atom stereocenters. The van der Waals surface area contributed by atoms with Crippen LogP contribution >= 0.6 is 23.5 Å². The summed E-state index contributed by atoms with van der Waals surface area (Å²) in [6.45, 7) is 2.17. The van der Waals surface area contributed by atoms with E-state index in [-0.39, 0.29) is 0 Å². The number of nitrogens with two attached hydrogens (primary N) is 1. The lowest BCUT2D eigenvalue weighted by Crippen LogP contribution is -2.25. The van der Waals surface area contributed by atoms with Gasteiger partial charge in [0, 0.05) is 22.4 Å². The zero-order valence-corrected chi connectivity index (χ0v) is 10.1. The highest BCUT2D eigenvalue weighted by Gasteiger charge is 2.02. The largest absolute Gasteiger partial charge is 0.326 e. The molecule has 1 rings (SSSR count). The van der Waals surface area contributed by atoms with Gasteiger partial charge in [-0.2, -0.15) is 11.8 Å². The molecule has 0 aliphatic rings. The normalized spacial score (nSPS) is 12.7. The Morgan fingerprint density at radius 2 is 1.93 bits per heavy atom. The molecule has 78 valence electrons. The predicted molar refractivity (Wildman–Crippen MR) is 68.1 cm³/mol. The van der Waals surface area contributed by atoms with Gasteiger partial charge in [0.05, 0.1) is 0 Å². The molecule has 14 heavy (non-hydrogen) atoms. The maximum atomic E-state index is 5.97. The van der Waals surface area contributed by atoms with Gasteiger partial charge in [-0.05, 0) is 17.9 Å². The number of hydrogen-bond donors (Lipinski definition) is 1. The van der Waals surface area contributed by atoms with Crippen molar-refractivity contribution < 1.29 is 0 Å². The van der Waals surface area contributed by atoms with E-state index in [1.54, 1.807) is 0 Å². The molecule has 0 aromatic heterocycles. The predicted octanol–water partition coefficient (Wildman–Crippen LogP) is 2.86. The molecule has 3 heteroatoms. The third kappa shape index (κ3) is 4.94. The Morgan fingerprint density at radius 1 is 1.21 bits per heavy atom. The number of rotatable bonds is 6. The summed E-state index contributed by atoms with van der Waals surface area (Å²) in [5.41, 5.74) is 5.97. The first-order chi connectivity index (χ1) is 6.83. The summed E-state index contributed by atoms with van der Waals surface area (Å²) in [4.78, 5) is 1.31. The van der Waals surface area contributed by atoms with Crippen LogP contribution in [-0.4, -0.2) is 23.3 Å². The van der Waals surface area contributed by atoms with Crippen molar-refractivity contribution in [3.05, 3.63) is 30.3 Å². The van der Waals surface area contributed by atoms with Gasteiger partial charge in [-0.3, -0.25) is 0 Å². The van der Waals surface area contributed by atoms with Crippen LogP contribution in [0.1, 0.15) is 6.92 Å². The summed E-state index contributed by atoms with van der Waals surface area (Å²) >= 11 is 3.75. The molecule has 0 aliphatic carbocycles. The van der Waals surface area contributed by atoms with E-state index in [4.69, 9.17) is 5.73 Å². The Balaban J connectivity index is 2.20. The molecule has 1 nitrogen and oxygen atoms in total. The van der Waals surface area contributed by atoms with Gasteiger partial charge in [0.15, 0.2) is 0 Å². The third-order valence-electron chi connectivity index (χ3n) is 1.74. The fourth-order valence-corrected chi connectivity index (χ4v) is 2.72. The number of thioether (sulfide) groups is 2. The van der Waals surface area contributed by atoms with Crippen molar-refractivity contribution in [1.82, 2.24) is 0 Å². The summed E-state index contributed by atoms with van der Waals surface area (Å²) in [7, 11) is 0. The quantitative estimate of drug-likeness (QED) is 0.757. The van der Waals surface area contributed by atoms with Crippen LogP contribution < -0.4 is 5.73 Å². The van der Waals surface area contributed by atoms with Crippen LogP contribution in [0, 0.1) is 0 Å². The Kier molecular flexibility index (Phi) is 6.15. The molecule has 0 bridgehead atoms. The third-order valence-corrected chi connectivity index (χ3v) is 4.02. The molecule has 0 saturated carbocycles. The second-order valence-electron chi connectivity index (χ2n) is 3.04. The molecular formula is C11H17NS2. The maximum absolute atomic E-state index is 5.97. The van der Waals surface area contributed by atoms with E-state index in [0.717, 1.165) is 17.3 Å². The van der Waals surface area contributed by atoms with Gasteiger partial charge in [0.2, 0.25) is 0 Å². The van der Waals surface area contributed by atoms with E-state index in [1.807, 2.05) is 29.6 Å². The highest BCUT2D eigenvalue weighted by atomic mass is 32.2. The number of hydrogen-bond acceptors (Lipinski definition) is 3. The summed E-state index contributed by atoms with van der Waals surface area (Å²) in [5, 5.41) is 0. The van der Waals surface area contributed by atoms with Crippen molar-refractivity contribution in [3.8, 4) is 0 Å². The van der Waals surface area contributed by atoms with E-state index < -0.39 is 0 Å². The van der Waals surface area contributed by atoms with Crippen LogP contribution in [0.3, 0.4) is 0 Å². The lowest BCUT2D eigenvalue weighted by molar-refractivity contribution is 0.860. The van der Waals surface area contributed by atoms with Crippen LogP contribution in [0.4, 0.5) is 0 Å². The molecule has 0 fully saturated rings. The molecule has 2 N–H and O–H groups in total. The van der Waals surface area contributed by atoms with Crippen molar-refractivity contribution in [2.75, 3.05) is 17.3 Å². The molecule has 1 aromatic rings. The van der Waals surface area contributed by atoms with Crippen molar-refractivity contribution in [3.63, 3.8) is 0 Å². The molecule has 1 atom stereocenters. The van der Waals surface area contributed by atoms with E-state index in [9.17, 15) is 0 Å². The zero-order chi connectivity index (χ0) is 10.2. The highest BCUT2D eigenvalue weighted by Crippen LogP contribution is 2.18.